The van der Waals surface area contributed by atoms with E-state index in [-0.39, 0.29) is 11.2 Å². The van der Waals surface area contributed by atoms with Crippen LogP contribution in [0.4, 0.5) is 11.4 Å². The molecule has 3 rings (SSSR count). The number of hydrogen-bond donors (Lipinski definition) is 2. The number of nitrogens with one attached hydrogen (secondary N) is 1. The number of nitrogen functional groups attached to an aromatic ring is 1. The minimum Gasteiger partial charge on any atom is -0.372 e. The summed E-state index contributed by atoms with van der Waals surface area (Å²) in [6.45, 7) is 5.81. The van der Waals surface area contributed by atoms with Gasteiger partial charge in [-0.2, -0.15) is 0 Å². The Morgan fingerprint density at radius 3 is 2.48 bits per heavy atom. The van der Waals surface area contributed by atoms with Gasteiger partial charge in [0.2, 0.25) is 11.1 Å². The molecule has 0 bridgehead atoms. The minimum atomic E-state index is -0.326. The quantitative estimate of drug-likeness (QED) is 0.629. The molecule has 0 unspecified atom stereocenters. The Hall–Kier alpha value is -2.22. The highest BCUT2D eigenvalue weighted by atomic mass is 32.2. The highest BCUT2D eigenvalue weighted by molar-refractivity contribution is 8.00. The van der Waals surface area contributed by atoms with E-state index in [1.807, 2.05) is 19.1 Å². The topological polar surface area (TPSA) is 89.1 Å². The molecule has 1 aromatic carbocycles. The highest BCUT2D eigenvalue weighted by Gasteiger charge is 2.19. The largest absolute Gasteiger partial charge is 0.372 e. The number of carbonyl (C=O) groups excluding carboxylic acids is 1. The summed E-state index contributed by atoms with van der Waals surface area (Å²) in [5, 5.41) is 11.0. The van der Waals surface area contributed by atoms with Crippen molar-refractivity contribution in [2.45, 2.75) is 43.5 Å². The van der Waals surface area contributed by atoms with Gasteiger partial charge in [-0.3, -0.25) is 4.79 Å². The summed E-state index contributed by atoms with van der Waals surface area (Å²) in [6.07, 6.45) is 3.81. The standard InChI is InChI=1S/C17H24N6OS/c1-12(25-17-21-20-13(2)23(17)18)16(24)19-14-6-8-15(9-7-14)22-10-4-3-5-11-22/h6-9,12H,3-5,10-11,18H2,1-2H3,(H,19,24)/t12-/m0/s1. The average molecular weight is 360 g/mol. The SMILES string of the molecule is Cc1nnc(S[C@@H](C)C(=O)Nc2ccc(N3CCCCC3)cc2)n1N. The molecule has 25 heavy (non-hydrogen) atoms. The molecule has 2 heterocycles. The van der Waals surface area contributed by atoms with Gasteiger partial charge in [0, 0.05) is 24.5 Å². The van der Waals surface area contributed by atoms with E-state index in [1.54, 1.807) is 6.92 Å². The van der Waals surface area contributed by atoms with Crippen LogP contribution in [0.1, 0.15) is 32.0 Å². The van der Waals surface area contributed by atoms with Crippen molar-refractivity contribution in [3.05, 3.63) is 30.1 Å². The van der Waals surface area contributed by atoms with Crippen LogP contribution in [0.25, 0.3) is 0 Å². The summed E-state index contributed by atoms with van der Waals surface area (Å²) in [5.41, 5.74) is 2.01. The average Bonchev–Trinajstić information content (AvgIpc) is 2.95. The van der Waals surface area contributed by atoms with Crippen LogP contribution in [0, 0.1) is 6.92 Å². The molecule has 3 N–H and O–H groups in total. The van der Waals surface area contributed by atoms with E-state index < -0.39 is 0 Å². The van der Waals surface area contributed by atoms with Crippen molar-refractivity contribution in [1.29, 1.82) is 0 Å². The normalized spacial score (nSPS) is 15.8. The number of carbonyl (C=O) groups is 1. The second-order valence-corrected chi connectivity index (χ2v) is 7.55. The van der Waals surface area contributed by atoms with Crippen LogP contribution in [-0.2, 0) is 4.79 Å². The van der Waals surface area contributed by atoms with Crippen molar-refractivity contribution in [3.8, 4) is 0 Å². The van der Waals surface area contributed by atoms with E-state index in [9.17, 15) is 4.79 Å². The van der Waals surface area contributed by atoms with Crippen LogP contribution in [0.5, 0.6) is 0 Å². The predicted octanol–water partition coefficient (Wildman–Crippen LogP) is 2.41. The first-order chi connectivity index (χ1) is 12.0. The molecule has 0 spiro atoms. The van der Waals surface area contributed by atoms with Crippen molar-refractivity contribution < 1.29 is 4.79 Å². The molecule has 0 saturated carbocycles. The van der Waals surface area contributed by atoms with Gasteiger partial charge in [-0.1, -0.05) is 11.8 Å². The summed E-state index contributed by atoms with van der Waals surface area (Å²) in [4.78, 5) is 14.8. The number of hydrogen-bond acceptors (Lipinski definition) is 6. The van der Waals surface area contributed by atoms with Crippen LogP contribution in [-0.4, -0.2) is 39.1 Å². The van der Waals surface area contributed by atoms with Crippen molar-refractivity contribution in [1.82, 2.24) is 14.9 Å². The summed E-state index contributed by atoms with van der Waals surface area (Å²) in [5.74, 6) is 6.35. The maximum absolute atomic E-state index is 12.4. The molecule has 0 aliphatic carbocycles. The third kappa shape index (κ3) is 4.25. The fraction of sp³-hybridized carbons (Fsp3) is 0.471. The van der Waals surface area contributed by atoms with Gasteiger partial charge in [-0.15, -0.1) is 10.2 Å². The summed E-state index contributed by atoms with van der Waals surface area (Å²) in [6, 6.07) is 8.04. The van der Waals surface area contributed by atoms with Gasteiger partial charge in [0.1, 0.15) is 5.82 Å². The molecule has 2 aromatic rings. The fourth-order valence-electron chi connectivity index (χ4n) is 2.79. The van der Waals surface area contributed by atoms with Crippen LogP contribution < -0.4 is 16.1 Å². The molecule has 134 valence electrons. The lowest BCUT2D eigenvalue weighted by Gasteiger charge is -2.28. The van der Waals surface area contributed by atoms with E-state index in [0.717, 1.165) is 18.8 Å². The Kier molecular flexibility index (Phi) is 5.47. The van der Waals surface area contributed by atoms with E-state index in [1.165, 1.54) is 41.4 Å². The van der Waals surface area contributed by atoms with E-state index in [2.05, 4.69) is 32.5 Å². The first-order valence-electron chi connectivity index (χ1n) is 8.54. The zero-order chi connectivity index (χ0) is 17.8. The summed E-state index contributed by atoms with van der Waals surface area (Å²) < 4.78 is 1.39. The van der Waals surface area contributed by atoms with Crippen LogP contribution >= 0.6 is 11.8 Å². The van der Waals surface area contributed by atoms with Gasteiger partial charge in [-0.25, -0.2) is 4.68 Å². The molecule has 0 radical (unpaired) electrons. The van der Waals surface area contributed by atoms with Gasteiger partial charge in [-0.05, 0) is 57.4 Å². The Bertz CT molecular complexity index is 723. The van der Waals surface area contributed by atoms with E-state index in [0.29, 0.717) is 11.0 Å². The second kappa shape index (κ2) is 7.77. The van der Waals surface area contributed by atoms with Gasteiger partial charge < -0.3 is 16.1 Å². The highest BCUT2D eigenvalue weighted by Crippen LogP contribution is 2.24. The Morgan fingerprint density at radius 2 is 1.88 bits per heavy atom. The molecular weight excluding hydrogens is 336 g/mol. The van der Waals surface area contributed by atoms with Crippen LogP contribution in [0.3, 0.4) is 0 Å². The minimum absolute atomic E-state index is 0.0867. The molecule has 1 aliphatic heterocycles. The number of benzene rings is 1. The fourth-order valence-corrected chi connectivity index (χ4v) is 3.61. The number of thioether (sulfide) groups is 1. The number of rotatable bonds is 5. The molecular formula is C17H24N6OS. The van der Waals surface area contributed by atoms with Crippen LogP contribution in [0.15, 0.2) is 29.4 Å². The zero-order valence-corrected chi connectivity index (χ0v) is 15.4. The maximum atomic E-state index is 12.4. The maximum Gasteiger partial charge on any atom is 0.237 e. The van der Waals surface area contributed by atoms with Gasteiger partial charge in [0.25, 0.3) is 0 Å². The third-order valence-electron chi connectivity index (χ3n) is 4.34. The first kappa shape index (κ1) is 17.6. The number of amides is 1. The first-order valence-corrected chi connectivity index (χ1v) is 9.42. The molecule has 1 aromatic heterocycles. The molecule has 1 amide bonds. The molecule has 7 nitrogen and oxygen atoms in total. The van der Waals surface area contributed by atoms with Gasteiger partial charge in [0.15, 0.2) is 0 Å². The van der Waals surface area contributed by atoms with E-state index in [4.69, 9.17) is 5.84 Å². The summed E-state index contributed by atoms with van der Waals surface area (Å²) >= 11 is 1.29. The van der Waals surface area contributed by atoms with Crippen LogP contribution in [0.2, 0.25) is 0 Å². The lowest BCUT2D eigenvalue weighted by Crippen LogP contribution is -2.29. The van der Waals surface area contributed by atoms with Gasteiger partial charge in [0.05, 0.1) is 5.25 Å². The summed E-state index contributed by atoms with van der Waals surface area (Å²) in [7, 11) is 0. The van der Waals surface area contributed by atoms with Crippen molar-refractivity contribution in [3.63, 3.8) is 0 Å². The molecule has 8 heteroatoms. The number of aryl methyl sites for hydroxylation is 1. The number of nitrogens with zero attached hydrogens (tertiary/aromatic N) is 4. The zero-order valence-electron chi connectivity index (χ0n) is 14.6. The third-order valence-corrected chi connectivity index (χ3v) is 5.40. The lowest BCUT2D eigenvalue weighted by atomic mass is 10.1. The number of aromatic nitrogens is 3. The number of nitrogens with two attached hydrogens (primary N) is 1. The van der Waals surface area contributed by atoms with Gasteiger partial charge >= 0.3 is 0 Å². The predicted molar refractivity (Wildman–Crippen MR) is 101 cm³/mol. The van der Waals surface area contributed by atoms with Crippen molar-refractivity contribution in [2.75, 3.05) is 29.1 Å². The second-order valence-electron chi connectivity index (χ2n) is 6.24. The smallest absolute Gasteiger partial charge is 0.237 e. The molecule has 1 saturated heterocycles. The molecule has 1 fully saturated rings. The Balaban J connectivity index is 1.57. The number of anilines is 2. The monoisotopic (exact) mass is 360 g/mol. The van der Waals surface area contributed by atoms with E-state index >= 15 is 0 Å². The molecule has 1 aliphatic rings. The van der Waals surface area contributed by atoms with Crippen molar-refractivity contribution in [2.24, 2.45) is 0 Å². The number of piperidine rings is 1. The Labute approximate surface area is 151 Å². The Morgan fingerprint density at radius 1 is 1.20 bits per heavy atom. The lowest BCUT2D eigenvalue weighted by molar-refractivity contribution is -0.115. The van der Waals surface area contributed by atoms with Crippen molar-refractivity contribution >= 4 is 29.0 Å². The molecule has 1 atom stereocenters.